The number of nitro benzene ring substituents is 1. The SMILES string of the molecule is O=[N+]([O-])c1ccc(CO)cc1N1CC=C(c2ccccc2C(F)(F)F)CC1. The second kappa shape index (κ2) is 7.40. The average molecular weight is 378 g/mol. The zero-order chi connectivity index (χ0) is 19.6. The summed E-state index contributed by atoms with van der Waals surface area (Å²) in [6, 6.07) is 9.77. The number of nitrogens with zero attached hydrogens (tertiary/aromatic N) is 2. The monoisotopic (exact) mass is 378 g/mol. The lowest BCUT2D eigenvalue weighted by atomic mass is 9.94. The van der Waals surface area contributed by atoms with Crippen molar-refractivity contribution in [1.29, 1.82) is 0 Å². The molecule has 1 N–H and O–H groups in total. The maximum absolute atomic E-state index is 13.2. The Morgan fingerprint density at radius 2 is 1.93 bits per heavy atom. The molecule has 0 saturated heterocycles. The summed E-state index contributed by atoms with van der Waals surface area (Å²) in [7, 11) is 0. The van der Waals surface area contributed by atoms with Gasteiger partial charge in [-0.15, -0.1) is 0 Å². The van der Waals surface area contributed by atoms with E-state index in [0.29, 0.717) is 29.8 Å². The summed E-state index contributed by atoms with van der Waals surface area (Å²) in [4.78, 5) is 12.5. The Labute approximate surface area is 153 Å². The summed E-state index contributed by atoms with van der Waals surface area (Å²) in [5, 5.41) is 20.6. The average Bonchev–Trinajstić information content (AvgIpc) is 2.67. The van der Waals surface area contributed by atoms with Gasteiger partial charge in [0.2, 0.25) is 0 Å². The van der Waals surface area contributed by atoms with Crippen LogP contribution in [-0.4, -0.2) is 23.1 Å². The minimum Gasteiger partial charge on any atom is -0.392 e. The van der Waals surface area contributed by atoms with E-state index >= 15 is 0 Å². The van der Waals surface area contributed by atoms with E-state index in [9.17, 15) is 28.4 Å². The van der Waals surface area contributed by atoms with Gasteiger partial charge in [0.05, 0.1) is 17.1 Å². The van der Waals surface area contributed by atoms with E-state index in [4.69, 9.17) is 0 Å². The van der Waals surface area contributed by atoms with Gasteiger partial charge < -0.3 is 10.0 Å². The number of aliphatic hydroxyl groups is 1. The fourth-order valence-corrected chi connectivity index (χ4v) is 3.22. The van der Waals surface area contributed by atoms with Crippen molar-refractivity contribution in [2.75, 3.05) is 18.0 Å². The third-order valence-corrected chi connectivity index (χ3v) is 4.55. The molecule has 5 nitrogen and oxygen atoms in total. The maximum atomic E-state index is 13.2. The van der Waals surface area contributed by atoms with Crippen LogP contribution in [-0.2, 0) is 12.8 Å². The van der Waals surface area contributed by atoms with Gasteiger partial charge in [0, 0.05) is 19.2 Å². The van der Waals surface area contributed by atoms with Crippen molar-refractivity contribution < 1.29 is 23.2 Å². The molecule has 0 unspecified atom stereocenters. The van der Waals surface area contributed by atoms with Crippen LogP contribution in [0.5, 0.6) is 0 Å². The first-order chi connectivity index (χ1) is 12.8. The fraction of sp³-hybridized carbons (Fsp3) is 0.263. The smallest absolute Gasteiger partial charge is 0.392 e. The van der Waals surface area contributed by atoms with Gasteiger partial charge in [-0.3, -0.25) is 10.1 Å². The minimum atomic E-state index is -4.44. The number of benzene rings is 2. The molecule has 27 heavy (non-hydrogen) atoms. The Balaban J connectivity index is 1.92. The Bertz CT molecular complexity index is 894. The van der Waals surface area contributed by atoms with Gasteiger partial charge in [0.1, 0.15) is 5.69 Å². The lowest BCUT2D eigenvalue weighted by Gasteiger charge is -2.29. The van der Waals surface area contributed by atoms with Crippen molar-refractivity contribution in [3.63, 3.8) is 0 Å². The second-order valence-electron chi connectivity index (χ2n) is 6.21. The minimum absolute atomic E-state index is 0.0975. The highest BCUT2D eigenvalue weighted by Gasteiger charge is 2.34. The molecule has 0 aromatic heterocycles. The fourth-order valence-electron chi connectivity index (χ4n) is 3.22. The van der Waals surface area contributed by atoms with Crippen LogP contribution in [0.15, 0.2) is 48.5 Å². The molecule has 8 heteroatoms. The van der Waals surface area contributed by atoms with Crippen LogP contribution in [0.3, 0.4) is 0 Å². The van der Waals surface area contributed by atoms with Gasteiger partial charge in [0.25, 0.3) is 5.69 Å². The van der Waals surface area contributed by atoms with Crippen LogP contribution in [0, 0.1) is 10.1 Å². The van der Waals surface area contributed by atoms with Crippen molar-refractivity contribution in [2.45, 2.75) is 19.2 Å². The summed E-state index contributed by atoms with van der Waals surface area (Å²) < 4.78 is 39.7. The Hall–Kier alpha value is -2.87. The molecular weight excluding hydrogens is 361 g/mol. The number of halogens is 3. The molecule has 0 spiro atoms. The molecule has 0 fully saturated rings. The van der Waals surface area contributed by atoms with Crippen LogP contribution >= 0.6 is 0 Å². The largest absolute Gasteiger partial charge is 0.416 e. The number of anilines is 1. The Morgan fingerprint density at radius 3 is 2.52 bits per heavy atom. The van der Waals surface area contributed by atoms with Crippen molar-refractivity contribution in [1.82, 2.24) is 0 Å². The van der Waals surface area contributed by atoms with E-state index < -0.39 is 16.7 Å². The van der Waals surface area contributed by atoms with E-state index in [1.54, 1.807) is 23.1 Å². The highest BCUT2D eigenvalue weighted by Crippen LogP contribution is 2.38. The summed E-state index contributed by atoms with van der Waals surface area (Å²) in [5.74, 6) is 0. The molecule has 0 bridgehead atoms. The Kier molecular flexibility index (Phi) is 5.18. The van der Waals surface area contributed by atoms with Gasteiger partial charge in [-0.05, 0) is 41.3 Å². The molecule has 1 aliphatic rings. The van der Waals surface area contributed by atoms with Crippen LogP contribution in [0.4, 0.5) is 24.5 Å². The molecule has 0 aliphatic carbocycles. The molecule has 0 radical (unpaired) electrons. The molecule has 0 saturated carbocycles. The molecule has 0 atom stereocenters. The van der Waals surface area contributed by atoms with Crippen molar-refractivity contribution in [3.8, 4) is 0 Å². The molecule has 2 aromatic carbocycles. The zero-order valence-corrected chi connectivity index (χ0v) is 14.2. The van der Waals surface area contributed by atoms with Crippen LogP contribution in [0.1, 0.15) is 23.1 Å². The highest BCUT2D eigenvalue weighted by atomic mass is 19.4. The topological polar surface area (TPSA) is 66.6 Å². The number of aliphatic hydroxyl groups excluding tert-OH is 1. The number of rotatable bonds is 4. The normalized spacial score (nSPS) is 14.8. The lowest BCUT2D eigenvalue weighted by Crippen LogP contribution is -2.29. The summed E-state index contributed by atoms with van der Waals surface area (Å²) in [6.07, 6.45) is -2.44. The first-order valence-corrected chi connectivity index (χ1v) is 8.30. The molecule has 1 aliphatic heterocycles. The van der Waals surface area contributed by atoms with Gasteiger partial charge in [0.15, 0.2) is 0 Å². The number of hydrogen-bond acceptors (Lipinski definition) is 4. The lowest BCUT2D eigenvalue weighted by molar-refractivity contribution is -0.384. The van der Waals surface area contributed by atoms with Crippen LogP contribution in [0.2, 0.25) is 0 Å². The summed E-state index contributed by atoms with van der Waals surface area (Å²) >= 11 is 0. The first-order valence-electron chi connectivity index (χ1n) is 8.30. The number of alkyl halides is 3. The third kappa shape index (κ3) is 3.95. The summed E-state index contributed by atoms with van der Waals surface area (Å²) in [6.45, 7) is 0.337. The summed E-state index contributed by atoms with van der Waals surface area (Å²) in [5.41, 5.74) is 0.819. The van der Waals surface area contributed by atoms with Crippen molar-refractivity contribution >= 4 is 16.9 Å². The van der Waals surface area contributed by atoms with Crippen LogP contribution in [0.25, 0.3) is 5.57 Å². The van der Waals surface area contributed by atoms with Gasteiger partial charge in [-0.1, -0.05) is 24.3 Å². The predicted octanol–water partition coefficient (Wildman–Crippen LogP) is 4.40. The first kappa shape index (κ1) is 18.9. The van der Waals surface area contributed by atoms with E-state index in [0.717, 1.165) is 6.07 Å². The molecule has 142 valence electrons. The molecule has 3 rings (SSSR count). The molecular formula is C19H17F3N2O3. The predicted molar refractivity (Wildman–Crippen MR) is 95.3 cm³/mol. The standard InChI is InChI=1S/C19H17F3N2O3/c20-19(21,22)16-4-2-1-3-15(16)14-7-9-23(10-8-14)18-11-13(12-25)5-6-17(18)24(26)27/h1-7,11,25H,8-10,12H2. The molecule has 1 heterocycles. The van der Waals surface area contributed by atoms with Gasteiger partial charge >= 0.3 is 6.18 Å². The highest BCUT2D eigenvalue weighted by molar-refractivity contribution is 5.73. The Morgan fingerprint density at radius 1 is 1.19 bits per heavy atom. The van der Waals surface area contributed by atoms with Crippen molar-refractivity contribution in [3.05, 3.63) is 75.3 Å². The van der Waals surface area contributed by atoms with Gasteiger partial charge in [-0.2, -0.15) is 13.2 Å². The van der Waals surface area contributed by atoms with Crippen molar-refractivity contribution in [2.24, 2.45) is 0 Å². The van der Waals surface area contributed by atoms with E-state index in [-0.39, 0.29) is 24.4 Å². The third-order valence-electron chi connectivity index (χ3n) is 4.55. The van der Waals surface area contributed by atoms with E-state index in [1.807, 2.05) is 0 Å². The quantitative estimate of drug-likeness (QED) is 0.633. The zero-order valence-electron chi connectivity index (χ0n) is 14.2. The molecule has 2 aromatic rings. The maximum Gasteiger partial charge on any atom is 0.416 e. The van der Waals surface area contributed by atoms with Crippen LogP contribution < -0.4 is 4.90 Å². The number of nitro groups is 1. The second-order valence-corrected chi connectivity index (χ2v) is 6.21. The molecule has 0 amide bonds. The van der Waals surface area contributed by atoms with E-state index in [2.05, 4.69) is 0 Å². The van der Waals surface area contributed by atoms with E-state index in [1.165, 1.54) is 24.3 Å². The van der Waals surface area contributed by atoms with Gasteiger partial charge in [-0.25, -0.2) is 0 Å². The number of hydrogen-bond donors (Lipinski definition) is 1.